The quantitative estimate of drug-likeness (QED) is 0.386. The van der Waals surface area contributed by atoms with Gasteiger partial charge in [-0.3, -0.25) is 4.79 Å². The summed E-state index contributed by atoms with van der Waals surface area (Å²) >= 11 is 9.46. The zero-order valence-electron chi connectivity index (χ0n) is 14.3. The third kappa shape index (κ3) is 4.48. The maximum Gasteiger partial charge on any atom is 0.266 e. The molecule has 1 heterocycles. The molecule has 4 nitrogen and oxygen atoms in total. The molecule has 0 saturated carbocycles. The van der Waals surface area contributed by atoms with Gasteiger partial charge in [0.25, 0.3) is 5.91 Å². The molecule has 0 unspecified atom stereocenters. The van der Waals surface area contributed by atoms with Crippen molar-refractivity contribution in [3.8, 4) is 17.4 Å². The van der Waals surface area contributed by atoms with Crippen LogP contribution in [0.1, 0.15) is 11.3 Å². The summed E-state index contributed by atoms with van der Waals surface area (Å²) in [7, 11) is 0. The van der Waals surface area contributed by atoms with E-state index in [9.17, 15) is 10.1 Å². The van der Waals surface area contributed by atoms with E-state index in [1.54, 1.807) is 24.3 Å². The first kappa shape index (κ1) is 19.0. The number of furan rings is 1. The first-order valence-electron chi connectivity index (χ1n) is 8.02. The fourth-order valence-corrected chi connectivity index (χ4v) is 2.86. The van der Waals surface area contributed by atoms with Crippen LogP contribution in [-0.2, 0) is 4.79 Å². The largest absolute Gasteiger partial charge is 0.457 e. The molecule has 0 aliphatic rings. The number of carbonyl (C=O) groups excluding carboxylic acids is 1. The van der Waals surface area contributed by atoms with Crippen LogP contribution in [0.15, 0.2) is 69.1 Å². The van der Waals surface area contributed by atoms with Crippen LogP contribution in [0.25, 0.3) is 17.4 Å². The summed E-state index contributed by atoms with van der Waals surface area (Å²) in [6.45, 7) is 1.88. The molecule has 0 aliphatic heterocycles. The molecule has 1 aromatic heterocycles. The van der Waals surface area contributed by atoms with Crippen LogP contribution in [0.5, 0.6) is 0 Å². The van der Waals surface area contributed by atoms with Crippen LogP contribution in [0, 0.1) is 18.3 Å². The zero-order chi connectivity index (χ0) is 19.4. The highest BCUT2D eigenvalue weighted by Gasteiger charge is 2.12. The third-order valence-electron chi connectivity index (χ3n) is 3.88. The van der Waals surface area contributed by atoms with E-state index in [0.29, 0.717) is 22.2 Å². The molecule has 1 amide bonds. The van der Waals surface area contributed by atoms with Gasteiger partial charge >= 0.3 is 0 Å². The number of para-hydroxylation sites is 1. The van der Waals surface area contributed by atoms with Crippen molar-refractivity contribution in [1.82, 2.24) is 0 Å². The van der Waals surface area contributed by atoms with Crippen LogP contribution in [0.2, 0.25) is 5.02 Å². The van der Waals surface area contributed by atoms with Gasteiger partial charge < -0.3 is 9.73 Å². The average molecular weight is 442 g/mol. The lowest BCUT2D eigenvalue weighted by Gasteiger charge is -2.06. The summed E-state index contributed by atoms with van der Waals surface area (Å²) in [4.78, 5) is 12.4. The van der Waals surface area contributed by atoms with Crippen molar-refractivity contribution in [2.45, 2.75) is 6.92 Å². The van der Waals surface area contributed by atoms with Gasteiger partial charge in [-0.2, -0.15) is 5.26 Å². The lowest BCUT2D eigenvalue weighted by Crippen LogP contribution is -2.14. The average Bonchev–Trinajstić information content (AvgIpc) is 3.12. The van der Waals surface area contributed by atoms with E-state index in [4.69, 9.17) is 16.0 Å². The highest BCUT2D eigenvalue weighted by atomic mass is 79.9. The van der Waals surface area contributed by atoms with Crippen molar-refractivity contribution >= 4 is 45.2 Å². The number of aryl methyl sites for hydroxylation is 1. The Morgan fingerprint density at radius 3 is 2.70 bits per heavy atom. The molecule has 0 atom stereocenters. The van der Waals surface area contributed by atoms with Crippen molar-refractivity contribution in [3.05, 3.63) is 81.0 Å². The number of nitrogens with one attached hydrogen (secondary N) is 1. The second-order valence-electron chi connectivity index (χ2n) is 5.77. The highest BCUT2D eigenvalue weighted by molar-refractivity contribution is 9.10. The first-order chi connectivity index (χ1) is 13.0. The Morgan fingerprint density at radius 1 is 1.22 bits per heavy atom. The van der Waals surface area contributed by atoms with E-state index in [2.05, 4.69) is 21.2 Å². The molecule has 0 saturated heterocycles. The van der Waals surface area contributed by atoms with Crippen molar-refractivity contribution in [2.75, 3.05) is 5.32 Å². The number of anilines is 1. The predicted molar refractivity (Wildman–Crippen MR) is 110 cm³/mol. The molecule has 27 heavy (non-hydrogen) atoms. The number of nitrogens with zero attached hydrogens (tertiary/aromatic N) is 1. The van der Waals surface area contributed by atoms with E-state index >= 15 is 0 Å². The number of rotatable bonds is 4. The van der Waals surface area contributed by atoms with Crippen LogP contribution in [0.4, 0.5) is 5.69 Å². The standard InChI is InChI=1S/C21H14BrClN2O2/c1-13-4-2-3-5-19(13)25-21(26)15(12-24)10-16-7-9-20(27-16)14-6-8-17(22)18(23)11-14/h2-11H,1H3,(H,25,26)/b15-10+. The molecule has 0 radical (unpaired) electrons. The molecule has 2 aromatic carbocycles. The highest BCUT2D eigenvalue weighted by Crippen LogP contribution is 2.30. The summed E-state index contributed by atoms with van der Waals surface area (Å²) < 4.78 is 6.53. The normalized spacial score (nSPS) is 11.1. The van der Waals surface area contributed by atoms with E-state index in [0.717, 1.165) is 15.6 Å². The lowest BCUT2D eigenvalue weighted by molar-refractivity contribution is -0.112. The number of benzene rings is 2. The van der Waals surface area contributed by atoms with E-state index < -0.39 is 5.91 Å². The second-order valence-corrected chi connectivity index (χ2v) is 7.03. The minimum Gasteiger partial charge on any atom is -0.457 e. The number of halogens is 2. The summed E-state index contributed by atoms with van der Waals surface area (Å²) in [5, 5.41) is 12.7. The molecular weight excluding hydrogens is 428 g/mol. The fraction of sp³-hybridized carbons (Fsp3) is 0.0476. The Labute approximate surface area is 170 Å². The predicted octanol–water partition coefficient (Wildman–Crippen LogP) is 6.22. The van der Waals surface area contributed by atoms with Crippen LogP contribution < -0.4 is 5.32 Å². The van der Waals surface area contributed by atoms with Gasteiger partial charge in [-0.15, -0.1) is 0 Å². The van der Waals surface area contributed by atoms with E-state index in [-0.39, 0.29) is 5.57 Å². The fourth-order valence-electron chi connectivity index (χ4n) is 2.43. The van der Waals surface area contributed by atoms with Crippen LogP contribution in [0.3, 0.4) is 0 Å². The van der Waals surface area contributed by atoms with Gasteiger partial charge in [0.15, 0.2) is 0 Å². The van der Waals surface area contributed by atoms with Crippen molar-refractivity contribution in [2.24, 2.45) is 0 Å². The number of hydrogen-bond acceptors (Lipinski definition) is 3. The number of carbonyl (C=O) groups is 1. The molecular formula is C21H14BrClN2O2. The number of nitriles is 1. The lowest BCUT2D eigenvalue weighted by atomic mass is 10.1. The molecule has 0 spiro atoms. The van der Waals surface area contributed by atoms with Crippen molar-refractivity contribution in [3.63, 3.8) is 0 Å². The van der Waals surface area contributed by atoms with Crippen LogP contribution >= 0.6 is 27.5 Å². The van der Waals surface area contributed by atoms with E-state index in [1.807, 2.05) is 43.3 Å². The Bertz CT molecular complexity index is 1080. The summed E-state index contributed by atoms with van der Waals surface area (Å²) in [6.07, 6.45) is 1.41. The third-order valence-corrected chi connectivity index (χ3v) is 5.11. The molecule has 3 rings (SSSR count). The number of hydrogen-bond donors (Lipinski definition) is 1. The first-order valence-corrected chi connectivity index (χ1v) is 9.19. The maximum atomic E-state index is 12.4. The van der Waals surface area contributed by atoms with Gasteiger partial charge in [0.05, 0.1) is 5.02 Å². The molecule has 1 N–H and O–H groups in total. The summed E-state index contributed by atoms with van der Waals surface area (Å²) in [5.74, 6) is 0.504. The maximum absolute atomic E-state index is 12.4. The molecule has 0 fully saturated rings. The SMILES string of the molecule is Cc1ccccc1NC(=O)/C(C#N)=C/c1ccc(-c2ccc(Br)c(Cl)c2)o1. The van der Waals surface area contributed by atoms with Gasteiger partial charge in [-0.25, -0.2) is 0 Å². The monoisotopic (exact) mass is 440 g/mol. The zero-order valence-corrected chi connectivity index (χ0v) is 16.6. The van der Waals surface area contributed by atoms with Gasteiger partial charge in [0.2, 0.25) is 0 Å². The van der Waals surface area contributed by atoms with E-state index in [1.165, 1.54) is 6.08 Å². The van der Waals surface area contributed by atoms with Crippen molar-refractivity contribution < 1.29 is 9.21 Å². The Morgan fingerprint density at radius 2 is 2.00 bits per heavy atom. The van der Waals surface area contributed by atoms with Crippen molar-refractivity contribution in [1.29, 1.82) is 5.26 Å². The molecule has 0 bridgehead atoms. The molecule has 6 heteroatoms. The van der Waals surface area contributed by atoms with Gasteiger partial charge in [-0.1, -0.05) is 35.9 Å². The summed E-state index contributed by atoms with van der Waals surface area (Å²) in [6, 6.07) is 18.2. The van der Waals surface area contributed by atoms with Crippen LogP contribution in [-0.4, -0.2) is 5.91 Å². The Hall–Kier alpha value is -2.81. The smallest absolute Gasteiger partial charge is 0.266 e. The van der Waals surface area contributed by atoms with Gasteiger partial charge in [-0.05, 0) is 58.7 Å². The number of amides is 1. The minimum absolute atomic E-state index is 0.0482. The minimum atomic E-state index is -0.489. The topological polar surface area (TPSA) is 66.0 Å². The second kappa shape index (κ2) is 8.26. The Kier molecular flexibility index (Phi) is 5.80. The van der Waals surface area contributed by atoms with Gasteiger partial charge in [0.1, 0.15) is 23.2 Å². The molecule has 3 aromatic rings. The molecule has 134 valence electrons. The van der Waals surface area contributed by atoms with Gasteiger partial charge in [0, 0.05) is 21.8 Å². The molecule has 0 aliphatic carbocycles. The Balaban J connectivity index is 1.83. The summed E-state index contributed by atoms with van der Waals surface area (Å²) in [5.41, 5.74) is 2.32.